The van der Waals surface area contributed by atoms with Crippen molar-refractivity contribution in [2.75, 3.05) is 0 Å². The predicted octanol–water partition coefficient (Wildman–Crippen LogP) is 18.9. The van der Waals surface area contributed by atoms with Crippen LogP contribution in [0.1, 0.15) is 56.3 Å². The Hall–Kier alpha value is -8.41. The first-order chi connectivity index (χ1) is 42.9. The molecular formula is C70H60BCl3N6O2. The van der Waals surface area contributed by atoms with Crippen LogP contribution in [-0.2, 0) is 9.31 Å². The molecule has 0 spiro atoms. The maximum absolute atomic E-state index is 8.30. The minimum Gasteiger partial charge on any atom is -0.399 e. The molecule has 0 radical (unpaired) electrons. The molecule has 0 aliphatic carbocycles. The van der Waals surface area contributed by atoms with Crippen molar-refractivity contribution in [3.05, 3.63) is 258 Å². The molecule has 8 nitrogen and oxygen atoms in total. The van der Waals surface area contributed by atoms with E-state index in [0.717, 1.165) is 66.0 Å². The van der Waals surface area contributed by atoms with Crippen LogP contribution >= 0.6 is 34.8 Å². The molecule has 406 valence electrons. The second-order valence-corrected chi connectivity index (χ2v) is 20.5. The van der Waals surface area contributed by atoms with Crippen LogP contribution in [0.2, 0.25) is 15.9 Å². The van der Waals surface area contributed by atoms with Crippen molar-refractivity contribution in [2.24, 2.45) is 0 Å². The Morgan fingerprint density at radius 1 is 0.329 bits per heavy atom. The fraction of sp³-hybridized carbons (Fsp3) is 0.114. The maximum atomic E-state index is 8.30. The average molecular weight is 1140 g/mol. The van der Waals surface area contributed by atoms with E-state index in [1.807, 2.05) is 173 Å². The van der Waals surface area contributed by atoms with Gasteiger partial charge in [-0.05, 0) is 164 Å². The zero-order chi connectivity index (χ0) is 63.9. The van der Waals surface area contributed by atoms with E-state index in [9.17, 15) is 0 Å². The number of hydrogen-bond donors (Lipinski definition) is 0. The molecule has 1 aliphatic heterocycles. The molecule has 1 saturated heterocycles. The standard InChI is InChI=1S/C31H20ClN3.C28H27BO2.C9H5Cl2N3.2CH4/c32-31-34-29(22-10-5-2-6-11-22)33-30(35-31)28-13-7-12-23(20-28)25-16-17-26-18-24(14-15-27(26)19-25)21-8-3-1-4-9-21;1-27(2)28(3,4)31-29(30-27)26-12-8-11-21(19-26)23-15-16-24-17-22(13-14-25(24)18-23)20-9-6-5-7-10-20;10-8-12-7(13-9(11)14-8)6-4-2-1-3-5-6;;/h1-20H;5-19H,1-4H3;1-5H;2*1H4/i1D,3D,4D,8D,9D;5D,6D,7D,9D,10D;;;. The normalized spacial score (nSPS) is 14.6. The number of halogens is 3. The molecule has 1 fully saturated rings. The molecular weight excluding hydrogens is 1070 g/mol. The highest BCUT2D eigenvalue weighted by molar-refractivity contribution is 6.62. The van der Waals surface area contributed by atoms with E-state index < -0.39 is 24.4 Å². The first-order valence-corrected chi connectivity index (χ1v) is 26.5. The summed E-state index contributed by atoms with van der Waals surface area (Å²) in [6.45, 7) is 8.16. The number of benzene rings is 10. The third-order valence-corrected chi connectivity index (χ3v) is 14.2. The van der Waals surface area contributed by atoms with E-state index >= 15 is 0 Å². The van der Waals surface area contributed by atoms with Crippen molar-refractivity contribution in [2.45, 2.75) is 53.8 Å². The van der Waals surface area contributed by atoms with E-state index in [0.29, 0.717) is 28.6 Å². The highest BCUT2D eigenvalue weighted by atomic mass is 35.5. The lowest BCUT2D eigenvalue weighted by molar-refractivity contribution is 0.00578. The third-order valence-electron chi connectivity index (χ3n) is 13.7. The summed E-state index contributed by atoms with van der Waals surface area (Å²) in [6, 6.07) is 55.4. The van der Waals surface area contributed by atoms with Crippen molar-refractivity contribution < 1.29 is 23.0 Å². The van der Waals surface area contributed by atoms with E-state index in [1.54, 1.807) is 12.1 Å². The Labute approximate surface area is 510 Å². The number of hydrogen-bond acceptors (Lipinski definition) is 8. The smallest absolute Gasteiger partial charge is 0.399 e. The summed E-state index contributed by atoms with van der Waals surface area (Å²) in [4.78, 5) is 24.9. The molecule has 2 aromatic heterocycles. The minimum absolute atomic E-state index is 0. The molecule has 3 heterocycles. The summed E-state index contributed by atoms with van der Waals surface area (Å²) in [6.07, 6.45) is 0. The van der Waals surface area contributed by atoms with Gasteiger partial charge in [0.05, 0.1) is 24.9 Å². The molecule has 0 N–H and O–H groups in total. The lowest BCUT2D eigenvalue weighted by atomic mass is 9.78. The van der Waals surface area contributed by atoms with Crippen LogP contribution in [0.3, 0.4) is 0 Å². The van der Waals surface area contributed by atoms with E-state index in [-0.39, 0.29) is 96.2 Å². The van der Waals surface area contributed by atoms with Crippen molar-refractivity contribution >= 4 is 68.9 Å². The zero-order valence-electron chi connectivity index (χ0n) is 53.5. The van der Waals surface area contributed by atoms with Gasteiger partial charge in [0, 0.05) is 16.7 Å². The average Bonchev–Trinajstić information content (AvgIpc) is 1.98. The molecule has 1 aliphatic rings. The topological polar surface area (TPSA) is 95.8 Å². The molecule has 0 bridgehead atoms. The van der Waals surface area contributed by atoms with Gasteiger partial charge < -0.3 is 9.31 Å². The highest BCUT2D eigenvalue weighted by Crippen LogP contribution is 2.37. The first-order valence-electron chi connectivity index (χ1n) is 30.3. The Morgan fingerprint density at radius 3 is 1.10 bits per heavy atom. The summed E-state index contributed by atoms with van der Waals surface area (Å²) in [5, 5.41) is 4.08. The molecule has 0 saturated carbocycles. The van der Waals surface area contributed by atoms with Gasteiger partial charge in [0.2, 0.25) is 15.9 Å². The Kier molecular flexibility index (Phi) is 14.4. The molecule has 0 atom stereocenters. The SMILES string of the molecule is C.C.Clc1nc(Cl)nc(-c2ccccc2)n1.[2H]c1c([2H])c([2H])c(-c2ccc3cc(-c4cccc(-c5nc(Cl)nc(-c6ccccc6)n5)c4)ccc3c2)c([2H])c1[2H].[2H]c1c([2H])c([2H])c(-c2ccc3cc(-c4cccc(B5OC(C)(C)C(C)(C)O5)c4)ccc3c2)c([2H])c1[2H]. The van der Waals surface area contributed by atoms with E-state index in [2.05, 4.69) is 54.2 Å². The Balaban J connectivity index is 0.000000177. The van der Waals surface area contributed by atoms with Crippen molar-refractivity contribution in [3.63, 3.8) is 0 Å². The predicted molar refractivity (Wildman–Crippen MR) is 343 cm³/mol. The molecule has 82 heavy (non-hydrogen) atoms. The summed E-state index contributed by atoms with van der Waals surface area (Å²) >= 11 is 17.6. The lowest BCUT2D eigenvalue weighted by Crippen LogP contribution is -2.41. The van der Waals surface area contributed by atoms with Gasteiger partial charge in [-0.3, -0.25) is 0 Å². The van der Waals surface area contributed by atoms with Gasteiger partial charge in [-0.1, -0.05) is 227 Å². The quantitative estimate of drug-likeness (QED) is 0.139. The summed E-state index contributed by atoms with van der Waals surface area (Å²) in [7, 11) is -0.435. The third kappa shape index (κ3) is 13.5. The van der Waals surface area contributed by atoms with Crippen LogP contribution in [0, 0.1) is 0 Å². The van der Waals surface area contributed by atoms with Crippen molar-refractivity contribution in [1.82, 2.24) is 29.9 Å². The minimum atomic E-state index is -0.435. The lowest BCUT2D eigenvalue weighted by Gasteiger charge is -2.32. The van der Waals surface area contributed by atoms with Gasteiger partial charge in [0.1, 0.15) is 0 Å². The van der Waals surface area contributed by atoms with Gasteiger partial charge in [0.25, 0.3) is 0 Å². The Morgan fingerprint density at radius 2 is 0.659 bits per heavy atom. The number of aromatic nitrogens is 6. The van der Waals surface area contributed by atoms with Crippen LogP contribution in [-0.4, -0.2) is 48.2 Å². The maximum Gasteiger partial charge on any atom is 0.494 e. The van der Waals surface area contributed by atoms with Crippen LogP contribution in [0.5, 0.6) is 0 Å². The van der Waals surface area contributed by atoms with Crippen LogP contribution in [0.15, 0.2) is 242 Å². The van der Waals surface area contributed by atoms with E-state index in [1.165, 1.54) is 0 Å². The first kappa shape index (κ1) is 46.2. The molecule has 0 amide bonds. The number of fused-ring (bicyclic) bond motifs is 2. The number of nitrogens with zero attached hydrogens (tertiary/aromatic N) is 6. The van der Waals surface area contributed by atoms with E-state index in [4.69, 9.17) is 57.8 Å². The largest absolute Gasteiger partial charge is 0.494 e. The monoisotopic (exact) mass is 1140 g/mol. The van der Waals surface area contributed by atoms with Crippen LogP contribution in [0.25, 0.3) is 100 Å². The van der Waals surface area contributed by atoms with Gasteiger partial charge in [-0.15, -0.1) is 0 Å². The van der Waals surface area contributed by atoms with Gasteiger partial charge >= 0.3 is 7.12 Å². The second-order valence-electron chi connectivity index (χ2n) is 19.5. The molecule has 10 aromatic carbocycles. The second kappa shape index (κ2) is 25.6. The van der Waals surface area contributed by atoms with Crippen molar-refractivity contribution in [1.29, 1.82) is 0 Å². The fourth-order valence-corrected chi connectivity index (χ4v) is 9.39. The van der Waals surface area contributed by atoms with Crippen LogP contribution < -0.4 is 5.46 Å². The van der Waals surface area contributed by atoms with Gasteiger partial charge in [0.15, 0.2) is 17.5 Å². The van der Waals surface area contributed by atoms with Crippen molar-refractivity contribution in [3.8, 4) is 78.7 Å². The summed E-state index contributed by atoms with van der Waals surface area (Å²) in [5.74, 6) is 1.46. The van der Waals surface area contributed by atoms with Gasteiger partial charge in [-0.2, -0.15) is 24.9 Å². The molecule has 12 heteroatoms. The highest BCUT2D eigenvalue weighted by Gasteiger charge is 2.51. The molecule has 0 unspecified atom stereocenters. The zero-order valence-corrected chi connectivity index (χ0v) is 45.8. The van der Waals surface area contributed by atoms with Crippen LogP contribution in [0.4, 0.5) is 0 Å². The van der Waals surface area contributed by atoms with Gasteiger partial charge in [-0.25, -0.2) is 4.98 Å². The number of rotatable bonds is 8. The summed E-state index contributed by atoms with van der Waals surface area (Å²) in [5.41, 5.74) is 8.24. The summed E-state index contributed by atoms with van der Waals surface area (Å²) < 4.78 is 93.2. The Bertz CT molecular complexity index is 4680. The molecule has 13 rings (SSSR count). The fourth-order valence-electron chi connectivity index (χ4n) is 8.87. The molecule has 12 aromatic rings.